The van der Waals surface area contributed by atoms with Crippen molar-refractivity contribution < 1.29 is 10.2 Å². The lowest BCUT2D eigenvalue weighted by Crippen LogP contribution is -2.36. The van der Waals surface area contributed by atoms with Crippen LogP contribution in [0.2, 0.25) is 0 Å². The first-order valence-corrected chi connectivity index (χ1v) is 3.65. The van der Waals surface area contributed by atoms with Crippen molar-refractivity contribution in [1.29, 1.82) is 0 Å². The normalized spacial score (nSPS) is 45.0. The van der Waals surface area contributed by atoms with Crippen LogP contribution < -0.4 is 0 Å². The molecule has 3 heteroatoms. The molecule has 0 heterocycles. The quantitative estimate of drug-likeness (QED) is 0.494. The molecule has 2 unspecified atom stereocenters. The number of aliphatic hydroxyl groups excluding tert-OH is 2. The summed E-state index contributed by atoms with van der Waals surface area (Å²) in [6.07, 6.45) is 1.33. The number of hydrogen-bond acceptors (Lipinski definition) is 2. The zero-order valence-electron chi connectivity index (χ0n) is 5.13. The predicted molar refractivity (Wildman–Crippen MR) is 35.5 cm³/mol. The summed E-state index contributed by atoms with van der Waals surface area (Å²) in [4.78, 5) is 0. The van der Waals surface area contributed by atoms with Gasteiger partial charge in [0.25, 0.3) is 0 Å². The van der Waals surface area contributed by atoms with Gasteiger partial charge in [-0.25, -0.2) is 0 Å². The summed E-state index contributed by atoms with van der Waals surface area (Å²) in [6.45, 7) is 0. The molecule has 2 nitrogen and oxygen atoms in total. The Kier molecular flexibility index (Phi) is 2.33. The molecule has 0 amide bonds. The zero-order chi connectivity index (χ0) is 6.85. The molecule has 0 spiro atoms. The Bertz CT molecular complexity index is 87.1. The average molecular weight is 151 g/mol. The first kappa shape index (κ1) is 7.32. The minimum atomic E-state index is -0.504. The van der Waals surface area contributed by atoms with E-state index in [-0.39, 0.29) is 0 Å². The van der Waals surface area contributed by atoms with Crippen molar-refractivity contribution in [2.45, 2.75) is 36.8 Å². The van der Waals surface area contributed by atoms with Crippen LogP contribution in [0.4, 0.5) is 0 Å². The van der Waals surface area contributed by atoms with Gasteiger partial charge in [-0.15, -0.1) is 11.6 Å². The summed E-state index contributed by atoms with van der Waals surface area (Å²) in [5.74, 6) is 0. The second-order valence-corrected chi connectivity index (χ2v) is 3.01. The van der Waals surface area contributed by atoms with Gasteiger partial charge in [-0.2, -0.15) is 0 Å². The van der Waals surface area contributed by atoms with Crippen LogP contribution in [0.5, 0.6) is 0 Å². The van der Waals surface area contributed by atoms with E-state index in [1.54, 1.807) is 0 Å². The number of alkyl halides is 1. The fourth-order valence-electron chi connectivity index (χ4n) is 1.11. The minimum Gasteiger partial charge on any atom is -0.391 e. The van der Waals surface area contributed by atoms with Crippen molar-refractivity contribution in [3.8, 4) is 0 Å². The standard InChI is InChI=1S/C6H11ClO2/c7-6-4(8)2-1-3-5(6)9/h4-6,8-9H,1-3H2. The first-order valence-electron chi connectivity index (χ1n) is 3.22. The monoisotopic (exact) mass is 150 g/mol. The highest BCUT2D eigenvalue weighted by Gasteiger charge is 2.28. The van der Waals surface area contributed by atoms with Gasteiger partial charge in [0.1, 0.15) is 0 Å². The Morgan fingerprint density at radius 2 is 1.56 bits per heavy atom. The number of rotatable bonds is 0. The molecule has 1 fully saturated rings. The van der Waals surface area contributed by atoms with E-state index in [2.05, 4.69) is 0 Å². The van der Waals surface area contributed by atoms with Crippen LogP contribution >= 0.6 is 11.6 Å². The summed E-state index contributed by atoms with van der Waals surface area (Å²) in [7, 11) is 0. The number of halogens is 1. The second kappa shape index (κ2) is 2.86. The third-order valence-electron chi connectivity index (χ3n) is 1.73. The highest BCUT2D eigenvalue weighted by molar-refractivity contribution is 6.21. The molecule has 0 radical (unpaired) electrons. The summed E-state index contributed by atoms with van der Waals surface area (Å²) >= 11 is 5.62. The lowest BCUT2D eigenvalue weighted by Gasteiger charge is -2.27. The third-order valence-corrected chi connectivity index (χ3v) is 2.32. The van der Waals surface area contributed by atoms with Crippen LogP contribution in [0, 0.1) is 0 Å². The van der Waals surface area contributed by atoms with E-state index in [0.717, 1.165) is 19.3 Å². The maximum absolute atomic E-state index is 9.06. The Hall–Kier alpha value is 0.210. The van der Waals surface area contributed by atoms with Gasteiger partial charge in [0.15, 0.2) is 0 Å². The highest BCUT2D eigenvalue weighted by atomic mass is 35.5. The molecular weight excluding hydrogens is 140 g/mol. The SMILES string of the molecule is OC1CCCC(O)C1Cl. The molecule has 0 aliphatic heterocycles. The fraction of sp³-hybridized carbons (Fsp3) is 1.00. The van der Waals surface area contributed by atoms with Crippen LogP contribution in [0.15, 0.2) is 0 Å². The van der Waals surface area contributed by atoms with Crippen LogP contribution in [-0.4, -0.2) is 27.8 Å². The molecule has 9 heavy (non-hydrogen) atoms. The van der Waals surface area contributed by atoms with Crippen LogP contribution in [0.1, 0.15) is 19.3 Å². The molecule has 2 atom stereocenters. The van der Waals surface area contributed by atoms with Gasteiger partial charge in [0.05, 0.1) is 17.6 Å². The average Bonchev–Trinajstić information content (AvgIpc) is 1.83. The largest absolute Gasteiger partial charge is 0.391 e. The zero-order valence-corrected chi connectivity index (χ0v) is 5.88. The molecule has 0 aromatic rings. The van der Waals surface area contributed by atoms with Crippen LogP contribution in [-0.2, 0) is 0 Å². The van der Waals surface area contributed by atoms with E-state index < -0.39 is 17.6 Å². The highest BCUT2D eigenvalue weighted by Crippen LogP contribution is 2.23. The molecule has 1 aliphatic carbocycles. The van der Waals surface area contributed by atoms with Gasteiger partial charge in [-0.1, -0.05) is 0 Å². The molecule has 0 saturated heterocycles. The topological polar surface area (TPSA) is 40.5 Å². The second-order valence-electron chi connectivity index (χ2n) is 2.51. The summed E-state index contributed by atoms with van der Waals surface area (Å²) < 4.78 is 0. The molecule has 2 N–H and O–H groups in total. The minimum absolute atomic E-state index is 0.446. The van der Waals surface area contributed by atoms with Crippen molar-refractivity contribution in [2.75, 3.05) is 0 Å². The Morgan fingerprint density at radius 1 is 1.11 bits per heavy atom. The lowest BCUT2D eigenvalue weighted by molar-refractivity contribution is 0.0458. The molecular formula is C6H11ClO2. The van der Waals surface area contributed by atoms with E-state index >= 15 is 0 Å². The molecule has 1 aliphatic rings. The van der Waals surface area contributed by atoms with Gasteiger partial charge in [0.2, 0.25) is 0 Å². The maximum Gasteiger partial charge on any atom is 0.0853 e. The molecule has 0 bridgehead atoms. The Balaban J connectivity index is 2.41. The van der Waals surface area contributed by atoms with Crippen molar-refractivity contribution in [3.63, 3.8) is 0 Å². The predicted octanol–water partition coefficient (Wildman–Crippen LogP) is 0.499. The van der Waals surface area contributed by atoms with Gasteiger partial charge >= 0.3 is 0 Å². The smallest absolute Gasteiger partial charge is 0.0853 e. The van der Waals surface area contributed by atoms with Crippen molar-refractivity contribution in [2.24, 2.45) is 0 Å². The molecule has 54 valence electrons. The van der Waals surface area contributed by atoms with E-state index in [1.165, 1.54) is 0 Å². The molecule has 1 saturated carbocycles. The fourth-order valence-corrected chi connectivity index (χ4v) is 1.36. The Labute approximate surface area is 59.4 Å². The van der Waals surface area contributed by atoms with Crippen LogP contribution in [0.25, 0.3) is 0 Å². The summed E-state index contributed by atoms with van der Waals surface area (Å²) in [6, 6.07) is 0. The Morgan fingerprint density at radius 3 is 1.89 bits per heavy atom. The van der Waals surface area contributed by atoms with E-state index in [4.69, 9.17) is 21.8 Å². The van der Waals surface area contributed by atoms with Gasteiger partial charge in [-0.3, -0.25) is 0 Å². The van der Waals surface area contributed by atoms with Crippen molar-refractivity contribution in [1.82, 2.24) is 0 Å². The van der Waals surface area contributed by atoms with Gasteiger partial charge < -0.3 is 10.2 Å². The summed E-state index contributed by atoms with van der Waals surface area (Å²) in [5, 5.41) is 17.7. The van der Waals surface area contributed by atoms with E-state index in [0.29, 0.717) is 0 Å². The summed E-state index contributed by atoms with van der Waals surface area (Å²) in [5.41, 5.74) is 0. The van der Waals surface area contributed by atoms with E-state index in [9.17, 15) is 0 Å². The van der Waals surface area contributed by atoms with E-state index in [1.807, 2.05) is 0 Å². The first-order chi connectivity index (χ1) is 4.22. The van der Waals surface area contributed by atoms with Crippen molar-refractivity contribution in [3.05, 3.63) is 0 Å². The van der Waals surface area contributed by atoms with Crippen molar-refractivity contribution >= 4 is 11.6 Å². The third kappa shape index (κ3) is 1.57. The van der Waals surface area contributed by atoms with Gasteiger partial charge in [-0.05, 0) is 19.3 Å². The molecule has 0 aromatic carbocycles. The van der Waals surface area contributed by atoms with Crippen LogP contribution in [0.3, 0.4) is 0 Å². The van der Waals surface area contributed by atoms with Gasteiger partial charge in [0, 0.05) is 0 Å². The number of aliphatic hydroxyl groups is 2. The molecule has 1 rings (SSSR count). The lowest BCUT2D eigenvalue weighted by atomic mass is 9.95. The maximum atomic E-state index is 9.06. The number of hydrogen-bond donors (Lipinski definition) is 2. The molecule has 0 aromatic heterocycles.